The van der Waals surface area contributed by atoms with Crippen molar-refractivity contribution in [2.24, 2.45) is 0 Å². The number of hydrogen-bond donors (Lipinski definition) is 2. The minimum Gasteiger partial charge on any atom is -0.460 e. The third-order valence-corrected chi connectivity index (χ3v) is 3.11. The highest BCUT2D eigenvalue weighted by Crippen LogP contribution is 2.14. The summed E-state index contributed by atoms with van der Waals surface area (Å²) >= 11 is 0. The second-order valence-electron chi connectivity index (χ2n) is 8.04. The predicted molar refractivity (Wildman–Crippen MR) is 89.4 cm³/mol. The molecule has 8 nitrogen and oxygen atoms in total. The van der Waals surface area contributed by atoms with Gasteiger partial charge in [-0.1, -0.05) is 0 Å². The van der Waals surface area contributed by atoms with Crippen LogP contribution in [0.4, 0.5) is 0 Å². The zero-order valence-corrected chi connectivity index (χ0v) is 15.7. The van der Waals surface area contributed by atoms with Crippen molar-refractivity contribution in [3.05, 3.63) is 0 Å². The first kappa shape index (κ1) is 20.9. The molecule has 2 atom stereocenters. The summed E-state index contributed by atoms with van der Waals surface area (Å²) in [6, 6.07) is -1.89. The van der Waals surface area contributed by atoms with Crippen molar-refractivity contribution >= 4 is 23.8 Å². The van der Waals surface area contributed by atoms with Crippen LogP contribution >= 0.6 is 0 Å². The third-order valence-electron chi connectivity index (χ3n) is 3.11. The van der Waals surface area contributed by atoms with Gasteiger partial charge in [-0.05, 0) is 48.0 Å². The van der Waals surface area contributed by atoms with Crippen LogP contribution in [0.2, 0.25) is 0 Å². The van der Waals surface area contributed by atoms with Crippen LogP contribution < -0.4 is 10.6 Å². The molecular formula is C17H28N2O6. The summed E-state index contributed by atoms with van der Waals surface area (Å²) in [6.45, 7) is 10.2. The Bertz CT molecular complexity index is 544. The number of nitrogens with one attached hydrogen (secondary N) is 2. The van der Waals surface area contributed by atoms with E-state index in [9.17, 15) is 19.2 Å². The van der Waals surface area contributed by atoms with Crippen molar-refractivity contribution < 1.29 is 28.7 Å². The molecule has 142 valence electrons. The van der Waals surface area contributed by atoms with Crippen LogP contribution in [-0.4, -0.2) is 47.0 Å². The highest BCUT2D eigenvalue weighted by atomic mass is 16.6. The van der Waals surface area contributed by atoms with E-state index in [0.717, 1.165) is 0 Å². The van der Waals surface area contributed by atoms with Gasteiger partial charge in [0.1, 0.15) is 23.3 Å². The molecular weight excluding hydrogens is 328 g/mol. The molecule has 0 saturated carbocycles. The molecule has 1 heterocycles. The van der Waals surface area contributed by atoms with Crippen molar-refractivity contribution in [1.29, 1.82) is 0 Å². The Labute approximate surface area is 148 Å². The lowest BCUT2D eigenvalue weighted by molar-refractivity contribution is -0.165. The molecule has 1 fully saturated rings. The van der Waals surface area contributed by atoms with E-state index in [1.807, 2.05) is 0 Å². The van der Waals surface area contributed by atoms with E-state index < -0.39 is 41.1 Å². The Kier molecular flexibility index (Phi) is 6.56. The average Bonchev–Trinajstić information content (AvgIpc) is 2.80. The number of amides is 2. The molecule has 0 bridgehead atoms. The molecule has 2 amide bonds. The van der Waals surface area contributed by atoms with Crippen LogP contribution in [-0.2, 0) is 28.7 Å². The first-order valence-corrected chi connectivity index (χ1v) is 8.31. The first-order chi connectivity index (χ1) is 11.3. The number of hydrogen-bond acceptors (Lipinski definition) is 6. The van der Waals surface area contributed by atoms with E-state index in [4.69, 9.17) is 9.47 Å². The van der Waals surface area contributed by atoms with Crippen molar-refractivity contribution in [2.75, 3.05) is 0 Å². The highest BCUT2D eigenvalue weighted by Gasteiger charge is 2.34. The van der Waals surface area contributed by atoms with Gasteiger partial charge in [-0.3, -0.25) is 14.4 Å². The quantitative estimate of drug-likeness (QED) is 0.706. The summed E-state index contributed by atoms with van der Waals surface area (Å²) in [7, 11) is 0. The zero-order chi connectivity index (χ0) is 19.4. The molecule has 0 aliphatic carbocycles. The van der Waals surface area contributed by atoms with Gasteiger partial charge in [0, 0.05) is 6.42 Å². The van der Waals surface area contributed by atoms with Gasteiger partial charge in [0.2, 0.25) is 11.8 Å². The van der Waals surface area contributed by atoms with Crippen LogP contribution in [0.25, 0.3) is 0 Å². The molecule has 1 rings (SSSR count). The predicted octanol–water partition coefficient (Wildman–Crippen LogP) is 0.823. The van der Waals surface area contributed by atoms with Gasteiger partial charge in [-0.2, -0.15) is 0 Å². The normalized spacial score (nSPS) is 19.0. The van der Waals surface area contributed by atoms with Crippen molar-refractivity contribution in [3.8, 4) is 0 Å². The number of carbonyl (C=O) groups is 4. The molecule has 1 aliphatic rings. The van der Waals surface area contributed by atoms with Gasteiger partial charge in [-0.25, -0.2) is 4.79 Å². The highest BCUT2D eigenvalue weighted by molar-refractivity contribution is 5.94. The number of carbonyl (C=O) groups excluding carboxylic acids is 4. The SMILES string of the molecule is CC(C)(C)OC(=O)C[C@H](NC(=O)[C@@H]1CCC(=O)N1)C(=O)OC(C)(C)C. The lowest BCUT2D eigenvalue weighted by Crippen LogP contribution is -2.51. The van der Waals surface area contributed by atoms with Crippen LogP contribution in [0.5, 0.6) is 0 Å². The van der Waals surface area contributed by atoms with Gasteiger partial charge >= 0.3 is 11.9 Å². The monoisotopic (exact) mass is 356 g/mol. The molecule has 1 saturated heterocycles. The number of esters is 2. The lowest BCUT2D eigenvalue weighted by atomic mass is 10.1. The molecule has 0 aromatic rings. The third kappa shape index (κ3) is 8.00. The second-order valence-corrected chi connectivity index (χ2v) is 8.04. The minimum atomic E-state index is -1.18. The van der Waals surface area contributed by atoms with Crippen LogP contribution in [0.1, 0.15) is 60.8 Å². The molecule has 0 radical (unpaired) electrons. The Morgan fingerprint density at radius 3 is 2.12 bits per heavy atom. The zero-order valence-electron chi connectivity index (χ0n) is 15.7. The summed E-state index contributed by atoms with van der Waals surface area (Å²) in [5.74, 6) is -2.10. The molecule has 0 aromatic heterocycles. The first-order valence-electron chi connectivity index (χ1n) is 8.31. The fraction of sp³-hybridized carbons (Fsp3) is 0.765. The summed E-state index contributed by atoms with van der Waals surface area (Å²) < 4.78 is 10.5. The standard InChI is InChI=1S/C17H28N2O6/c1-16(2,3)24-13(21)9-11(15(23)25-17(4,5)6)19-14(22)10-7-8-12(20)18-10/h10-11H,7-9H2,1-6H3,(H,18,20)(H,19,22)/t10-,11-/m0/s1. The molecule has 1 aliphatic heterocycles. The van der Waals surface area contributed by atoms with E-state index in [1.165, 1.54) is 0 Å². The fourth-order valence-corrected chi connectivity index (χ4v) is 2.20. The maximum Gasteiger partial charge on any atom is 0.329 e. The summed E-state index contributed by atoms with van der Waals surface area (Å²) in [6.07, 6.45) is 0.248. The Morgan fingerprint density at radius 2 is 1.68 bits per heavy atom. The second kappa shape index (κ2) is 7.84. The van der Waals surface area contributed by atoms with Crippen LogP contribution in [0, 0.1) is 0 Å². The van der Waals surface area contributed by atoms with Gasteiger partial charge in [0.25, 0.3) is 0 Å². The van der Waals surface area contributed by atoms with Crippen LogP contribution in [0.15, 0.2) is 0 Å². The molecule has 8 heteroatoms. The van der Waals surface area contributed by atoms with E-state index >= 15 is 0 Å². The Hall–Kier alpha value is -2.12. The molecule has 0 spiro atoms. The summed E-state index contributed by atoms with van der Waals surface area (Å²) in [5.41, 5.74) is -1.48. The van der Waals surface area contributed by atoms with Gasteiger partial charge in [0.15, 0.2) is 0 Å². The van der Waals surface area contributed by atoms with E-state index in [-0.39, 0.29) is 18.7 Å². The minimum absolute atomic E-state index is 0.221. The molecule has 25 heavy (non-hydrogen) atoms. The van der Waals surface area contributed by atoms with Gasteiger partial charge < -0.3 is 20.1 Å². The number of ether oxygens (including phenoxy) is 2. The van der Waals surface area contributed by atoms with Crippen molar-refractivity contribution in [1.82, 2.24) is 10.6 Å². The largest absolute Gasteiger partial charge is 0.460 e. The van der Waals surface area contributed by atoms with Crippen molar-refractivity contribution in [3.63, 3.8) is 0 Å². The Morgan fingerprint density at radius 1 is 1.12 bits per heavy atom. The average molecular weight is 356 g/mol. The fourth-order valence-electron chi connectivity index (χ4n) is 2.20. The molecule has 0 aromatic carbocycles. The lowest BCUT2D eigenvalue weighted by Gasteiger charge is -2.26. The van der Waals surface area contributed by atoms with Gasteiger partial charge in [0.05, 0.1) is 6.42 Å². The van der Waals surface area contributed by atoms with E-state index in [2.05, 4.69) is 10.6 Å². The molecule has 2 N–H and O–H groups in total. The van der Waals surface area contributed by atoms with Gasteiger partial charge in [-0.15, -0.1) is 0 Å². The summed E-state index contributed by atoms with van der Waals surface area (Å²) in [4.78, 5) is 47.9. The topological polar surface area (TPSA) is 111 Å². The number of rotatable bonds is 5. The smallest absolute Gasteiger partial charge is 0.329 e. The van der Waals surface area contributed by atoms with Crippen LogP contribution in [0.3, 0.4) is 0 Å². The molecule has 0 unspecified atom stereocenters. The van der Waals surface area contributed by atoms with E-state index in [0.29, 0.717) is 6.42 Å². The summed E-state index contributed by atoms with van der Waals surface area (Å²) in [5, 5.41) is 5.01. The maximum absolute atomic E-state index is 12.3. The maximum atomic E-state index is 12.3. The van der Waals surface area contributed by atoms with E-state index in [1.54, 1.807) is 41.5 Å². The van der Waals surface area contributed by atoms with Crippen molar-refractivity contribution in [2.45, 2.75) is 84.1 Å². The Balaban J connectivity index is 2.79.